The van der Waals surface area contributed by atoms with Crippen LogP contribution < -0.4 is 0 Å². The highest BCUT2D eigenvalue weighted by atomic mass is 35.5. The fourth-order valence-corrected chi connectivity index (χ4v) is 1.75. The molecule has 1 aliphatic rings. The third-order valence-corrected chi connectivity index (χ3v) is 2.38. The molecule has 1 aromatic carbocycles. The van der Waals surface area contributed by atoms with E-state index >= 15 is 0 Å². The molecule has 0 unspecified atom stereocenters. The monoisotopic (exact) mass is 198 g/mol. The Labute approximate surface area is 80.5 Å². The summed E-state index contributed by atoms with van der Waals surface area (Å²) in [4.78, 5) is 0. The van der Waals surface area contributed by atoms with Gasteiger partial charge >= 0.3 is 0 Å². The van der Waals surface area contributed by atoms with E-state index in [1.807, 2.05) is 0 Å². The quantitative estimate of drug-likeness (QED) is 0.735. The highest BCUT2D eigenvalue weighted by molar-refractivity contribution is 6.30. The Morgan fingerprint density at radius 3 is 2.92 bits per heavy atom. The SMILES string of the molecule is OCC1=Cc2cc(Cl)cc(F)c2C1. The minimum absolute atomic E-state index is 0.0221. The van der Waals surface area contributed by atoms with Crippen LogP contribution in [0.1, 0.15) is 11.1 Å². The largest absolute Gasteiger partial charge is 0.392 e. The summed E-state index contributed by atoms with van der Waals surface area (Å²) in [7, 11) is 0. The number of benzene rings is 1. The van der Waals surface area contributed by atoms with Crippen LogP contribution in [0.2, 0.25) is 5.02 Å². The molecule has 1 aromatic rings. The first-order chi connectivity index (χ1) is 6.20. The maximum atomic E-state index is 13.3. The summed E-state index contributed by atoms with van der Waals surface area (Å²) >= 11 is 5.69. The molecule has 0 spiro atoms. The molecule has 3 heteroatoms. The second-order valence-corrected chi connectivity index (χ2v) is 3.53. The highest BCUT2D eigenvalue weighted by Crippen LogP contribution is 2.29. The van der Waals surface area contributed by atoms with Gasteiger partial charge in [-0.05, 0) is 35.3 Å². The molecule has 0 aromatic heterocycles. The van der Waals surface area contributed by atoms with Gasteiger partial charge in [-0.2, -0.15) is 0 Å². The molecular formula is C10H8ClFO. The van der Waals surface area contributed by atoms with Crippen molar-refractivity contribution in [3.63, 3.8) is 0 Å². The Morgan fingerprint density at radius 2 is 2.23 bits per heavy atom. The van der Waals surface area contributed by atoms with Crippen LogP contribution >= 0.6 is 11.6 Å². The van der Waals surface area contributed by atoms with Crippen LogP contribution in [0.25, 0.3) is 6.08 Å². The lowest BCUT2D eigenvalue weighted by Crippen LogP contribution is -1.92. The first-order valence-electron chi connectivity index (χ1n) is 3.99. The fourth-order valence-electron chi connectivity index (χ4n) is 1.54. The molecule has 0 amide bonds. The standard InChI is InChI=1S/C10H8ClFO/c11-8-3-7-1-6(5-13)2-9(7)10(12)4-8/h1,3-4,13H,2,5H2. The number of halogens is 2. The molecule has 0 saturated carbocycles. The maximum Gasteiger partial charge on any atom is 0.128 e. The summed E-state index contributed by atoms with van der Waals surface area (Å²) in [6.07, 6.45) is 2.28. The van der Waals surface area contributed by atoms with Gasteiger partial charge in [-0.25, -0.2) is 4.39 Å². The third-order valence-electron chi connectivity index (χ3n) is 2.16. The molecule has 1 N–H and O–H groups in total. The molecule has 68 valence electrons. The molecule has 0 bridgehead atoms. The average Bonchev–Trinajstić information content (AvgIpc) is 2.47. The van der Waals surface area contributed by atoms with Crippen molar-refractivity contribution in [2.75, 3.05) is 6.61 Å². The van der Waals surface area contributed by atoms with Crippen molar-refractivity contribution in [1.29, 1.82) is 0 Å². The average molecular weight is 199 g/mol. The molecule has 0 fully saturated rings. The second kappa shape index (κ2) is 3.13. The van der Waals surface area contributed by atoms with Gasteiger partial charge in [-0.1, -0.05) is 17.7 Å². The van der Waals surface area contributed by atoms with E-state index in [1.165, 1.54) is 6.07 Å². The van der Waals surface area contributed by atoms with Crippen molar-refractivity contribution >= 4 is 17.7 Å². The third kappa shape index (κ3) is 1.47. The van der Waals surface area contributed by atoms with Crippen molar-refractivity contribution in [2.24, 2.45) is 0 Å². The second-order valence-electron chi connectivity index (χ2n) is 3.09. The van der Waals surface area contributed by atoms with Crippen molar-refractivity contribution in [1.82, 2.24) is 0 Å². The van der Waals surface area contributed by atoms with Crippen molar-refractivity contribution in [3.05, 3.63) is 39.7 Å². The molecule has 1 nitrogen and oxygen atoms in total. The van der Waals surface area contributed by atoms with E-state index in [0.717, 1.165) is 11.1 Å². The Kier molecular flexibility index (Phi) is 2.10. The molecule has 1 aliphatic carbocycles. The highest BCUT2D eigenvalue weighted by Gasteiger charge is 2.16. The van der Waals surface area contributed by atoms with Gasteiger partial charge in [0, 0.05) is 5.02 Å². The zero-order chi connectivity index (χ0) is 9.42. The first kappa shape index (κ1) is 8.73. The zero-order valence-electron chi connectivity index (χ0n) is 6.85. The van der Waals surface area contributed by atoms with E-state index in [1.54, 1.807) is 12.1 Å². The number of rotatable bonds is 1. The lowest BCUT2D eigenvalue weighted by Gasteiger charge is -2.01. The van der Waals surface area contributed by atoms with Crippen LogP contribution in [-0.2, 0) is 6.42 Å². The van der Waals surface area contributed by atoms with Gasteiger partial charge in [0.1, 0.15) is 5.82 Å². The Hall–Kier alpha value is -0.860. The molecule has 0 radical (unpaired) electrons. The van der Waals surface area contributed by atoms with E-state index < -0.39 is 0 Å². The lowest BCUT2D eigenvalue weighted by atomic mass is 10.1. The zero-order valence-corrected chi connectivity index (χ0v) is 7.61. The van der Waals surface area contributed by atoms with Gasteiger partial charge in [0.2, 0.25) is 0 Å². The van der Waals surface area contributed by atoms with Gasteiger partial charge in [0.05, 0.1) is 6.61 Å². The molecule has 13 heavy (non-hydrogen) atoms. The Balaban J connectivity index is 2.50. The molecule has 0 aliphatic heterocycles. The van der Waals surface area contributed by atoms with E-state index in [-0.39, 0.29) is 12.4 Å². The molecule has 0 heterocycles. The summed E-state index contributed by atoms with van der Waals surface area (Å²) in [5, 5.41) is 9.27. The van der Waals surface area contributed by atoms with Crippen molar-refractivity contribution in [3.8, 4) is 0 Å². The minimum atomic E-state index is -0.290. The molecule has 0 saturated heterocycles. The van der Waals surface area contributed by atoms with Crippen LogP contribution in [-0.4, -0.2) is 11.7 Å². The topological polar surface area (TPSA) is 20.2 Å². The predicted octanol–water partition coefficient (Wildman–Crippen LogP) is 2.41. The van der Waals surface area contributed by atoms with Gasteiger partial charge in [-0.15, -0.1) is 0 Å². The Bertz CT molecular complexity index is 385. The smallest absolute Gasteiger partial charge is 0.128 e. The van der Waals surface area contributed by atoms with Crippen LogP contribution in [0.4, 0.5) is 4.39 Å². The summed E-state index contributed by atoms with van der Waals surface area (Å²) in [5.74, 6) is -0.290. The van der Waals surface area contributed by atoms with E-state index in [4.69, 9.17) is 16.7 Å². The van der Waals surface area contributed by atoms with E-state index in [9.17, 15) is 4.39 Å². The fraction of sp³-hybridized carbons (Fsp3) is 0.200. The minimum Gasteiger partial charge on any atom is -0.392 e. The lowest BCUT2D eigenvalue weighted by molar-refractivity contribution is 0.330. The number of hydrogen-bond donors (Lipinski definition) is 1. The Morgan fingerprint density at radius 1 is 1.46 bits per heavy atom. The van der Waals surface area contributed by atoms with Crippen LogP contribution in [0.5, 0.6) is 0 Å². The summed E-state index contributed by atoms with van der Waals surface area (Å²) in [6.45, 7) is -0.0221. The normalized spacial score (nSPS) is 14.2. The number of aliphatic hydroxyl groups excluding tert-OH is 1. The van der Waals surface area contributed by atoms with E-state index in [2.05, 4.69) is 0 Å². The van der Waals surface area contributed by atoms with Crippen molar-refractivity contribution in [2.45, 2.75) is 6.42 Å². The summed E-state index contributed by atoms with van der Waals surface area (Å²) < 4.78 is 13.3. The summed E-state index contributed by atoms with van der Waals surface area (Å²) in [6, 6.07) is 3.01. The van der Waals surface area contributed by atoms with Gasteiger partial charge < -0.3 is 5.11 Å². The number of aliphatic hydroxyl groups is 1. The first-order valence-corrected chi connectivity index (χ1v) is 4.36. The maximum absolute atomic E-state index is 13.3. The van der Waals surface area contributed by atoms with Crippen LogP contribution in [0.3, 0.4) is 0 Å². The number of fused-ring (bicyclic) bond motifs is 1. The van der Waals surface area contributed by atoms with Gasteiger partial charge in [0.25, 0.3) is 0 Å². The van der Waals surface area contributed by atoms with Gasteiger partial charge in [0.15, 0.2) is 0 Å². The summed E-state index contributed by atoms with van der Waals surface area (Å²) in [5.41, 5.74) is 2.25. The predicted molar refractivity (Wildman–Crippen MR) is 50.2 cm³/mol. The number of hydrogen-bond acceptors (Lipinski definition) is 1. The van der Waals surface area contributed by atoms with Gasteiger partial charge in [-0.3, -0.25) is 0 Å². The van der Waals surface area contributed by atoms with Crippen LogP contribution in [0, 0.1) is 5.82 Å². The molecular weight excluding hydrogens is 191 g/mol. The van der Waals surface area contributed by atoms with E-state index in [0.29, 0.717) is 17.0 Å². The molecule has 0 atom stereocenters. The van der Waals surface area contributed by atoms with Crippen molar-refractivity contribution < 1.29 is 9.50 Å². The van der Waals surface area contributed by atoms with Crippen LogP contribution in [0.15, 0.2) is 17.7 Å². The molecule has 2 rings (SSSR count).